The minimum Gasteiger partial charge on any atom is -0.370 e. The molecule has 0 spiro atoms. The number of hydrogen-bond donors (Lipinski definition) is 3. The van der Waals surface area contributed by atoms with Crippen molar-refractivity contribution in [1.29, 1.82) is 0 Å². The molecule has 0 aliphatic carbocycles. The van der Waals surface area contributed by atoms with Gasteiger partial charge in [0.2, 0.25) is 0 Å². The number of guanidine groups is 1. The molecule has 1 aliphatic rings. The number of halogens is 1. The molecule has 6 nitrogen and oxygen atoms in total. The first-order valence-corrected chi connectivity index (χ1v) is 9.17. The molecule has 150 valence electrons. The number of nitrogens with one attached hydrogen (secondary N) is 2. The summed E-state index contributed by atoms with van der Waals surface area (Å²) >= 11 is 0. The van der Waals surface area contributed by atoms with Crippen LogP contribution in [0, 0.1) is 13.8 Å². The van der Waals surface area contributed by atoms with Gasteiger partial charge in [-0.2, -0.15) is 0 Å². The van der Waals surface area contributed by atoms with Gasteiger partial charge in [-0.05, 0) is 67.6 Å². The van der Waals surface area contributed by atoms with Crippen LogP contribution in [-0.4, -0.2) is 24.6 Å². The number of aryl methyl sites for hydroxylation is 2. The lowest BCUT2D eigenvalue weighted by atomic mass is 10.1. The predicted octanol–water partition coefficient (Wildman–Crippen LogP) is 3.97. The first kappa shape index (κ1) is 22.2. The van der Waals surface area contributed by atoms with E-state index in [1.54, 1.807) is 0 Å². The molecule has 1 amide bonds. The minimum atomic E-state index is -0.343. The lowest BCUT2D eigenvalue weighted by Gasteiger charge is -2.11. The van der Waals surface area contributed by atoms with Crippen molar-refractivity contribution in [3.8, 4) is 0 Å². The molecule has 0 saturated carbocycles. The van der Waals surface area contributed by atoms with Crippen LogP contribution in [0.2, 0.25) is 0 Å². The zero-order chi connectivity index (χ0) is 19.2. The number of nitrogens with zero attached hydrogens (tertiary/aromatic N) is 1. The van der Waals surface area contributed by atoms with Crippen LogP contribution in [-0.2, 0) is 16.1 Å². The summed E-state index contributed by atoms with van der Waals surface area (Å²) in [6, 6.07) is 13.7. The van der Waals surface area contributed by atoms with Gasteiger partial charge in [0, 0.05) is 18.0 Å². The van der Waals surface area contributed by atoms with Crippen molar-refractivity contribution in [2.24, 2.45) is 10.7 Å². The van der Waals surface area contributed by atoms with E-state index in [2.05, 4.69) is 29.5 Å². The summed E-state index contributed by atoms with van der Waals surface area (Å²) in [6.07, 6.45) is 1.36. The highest BCUT2D eigenvalue weighted by Gasteiger charge is 2.23. The van der Waals surface area contributed by atoms with Crippen molar-refractivity contribution in [3.05, 3.63) is 59.2 Å². The van der Waals surface area contributed by atoms with Gasteiger partial charge in [-0.15, -0.1) is 24.0 Å². The molecule has 4 N–H and O–H groups in total. The van der Waals surface area contributed by atoms with Crippen molar-refractivity contribution in [2.75, 3.05) is 17.2 Å². The Bertz CT molecular complexity index is 848. The Hall–Kier alpha value is -2.13. The highest BCUT2D eigenvalue weighted by atomic mass is 127. The summed E-state index contributed by atoms with van der Waals surface area (Å²) in [5.74, 6) is 0.260. The molecule has 1 fully saturated rings. The summed E-state index contributed by atoms with van der Waals surface area (Å²) in [6.45, 7) is 5.21. The average molecular weight is 494 g/mol. The molecule has 0 aromatic heterocycles. The standard InChI is InChI=1S/C21H26N4O2.HI/c1-14-8-9-18(11-15(14)2)25-21(22)23-13-16-5-3-6-17(12-16)24-20(26)19-7-4-10-27-19;/h3,5-6,8-9,11-12,19H,4,7,10,13H2,1-2H3,(H,24,26)(H3,22,23,25);1H. The molecular weight excluding hydrogens is 467 g/mol. The topological polar surface area (TPSA) is 88.7 Å². The number of rotatable bonds is 5. The van der Waals surface area contributed by atoms with Crippen LogP contribution >= 0.6 is 24.0 Å². The number of aliphatic imine (C=N–C) groups is 1. The van der Waals surface area contributed by atoms with Gasteiger partial charge < -0.3 is 21.1 Å². The molecule has 1 atom stereocenters. The van der Waals surface area contributed by atoms with Gasteiger partial charge >= 0.3 is 0 Å². The van der Waals surface area contributed by atoms with Crippen LogP contribution in [0.1, 0.15) is 29.5 Å². The van der Waals surface area contributed by atoms with Crippen molar-refractivity contribution in [1.82, 2.24) is 0 Å². The van der Waals surface area contributed by atoms with E-state index in [0.29, 0.717) is 19.1 Å². The molecule has 1 aliphatic heterocycles. The Morgan fingerprint density at radius 1 is 1.14 bits per heavy atom. The smallest absolute Gasteiger partial charge is 0.253 e. The third kappa shape index (κ3) is 6.20. The summed E-state index contributed by atoms with van der Waals surface area (Å²) < 4.78 is 5.41. The van der Waals surface area contributed by atoms with Crippen molar-refractivity contribution in [2.45, 2.75) is 39.3 Å². The number of benzene rings is 2. The normalized spacial score (nSPS) is 16.4. The molecule has 2 aromatic carbocycles. The van der Waals surface area contributed by atoms with Crippen molar-refractivity contribution >= 4 is 47.2 Å². The molecule has 3 rings (SSSR count). The molecular formula is C21H27IN4O2. The first-order chi connectivity index (χ1) is 13.0. The zero-order valence-electron chi connectivity index (χ0n) is 16.2. The molecule has 1 saturated heterocycles. The van der Waals surface area contributed by atoms with Gasteiger partial charge in [-0.1, -0.05) is 18.2 Å². The maximum Gasteiger partial charge on any atom is 0.253 e. The molecule has 1 unspecified atom stereocenters. The lowest BCUT2D eigenvalue weighted by Crippen LogP contribution is -2.26. The van der Waals surface area contributed by atoms with Gasteiger partial charge in [0.05, 0.1) is 6.54 Å². The van der Waals surface area contributed by atoms with Gasteiger partial charge in [0.15, 0.2) is 5.96 Å². The van der Waals surface area contributed by atoms with E-state index in [9.17, 15) is 4.79 Å². The minimum absolute atomic E-state index is 0. The molecule has 1 heterocycles. The second-order valence-electron chi connectivity index (χ2n) is 6.82. The van der Waals surface area contributed by atoms with Gasteiger partial charge in [-0.25, -0.2) is 4.99 Å². The Morgan fingerprint density at radius 2 is 1.93 bits per heavy atom. The fourth-order valence-corrected chi connectivity index (χ4v) is 2.94. The average Bonchev–Trinajstić information content (AvgIpc) is 3.18. The third-order valence-corrected chi connectivity index (χ3v) is 4.63. The van der Waals surface area contributed by atoms with Crippen LogP contribution in [0.25, 0.3) is 0 Å². The summed E-state index contributed by atoms with van der Waals surface area (Å²) in [5.41, 5.74) is 11.0. The fourth-order valence-electron chi connectivity index (χ4n) is 2.94. The van der Waals surface area contributed by atoms with Crippen LogP contribution < -0.4 is 16.4 Å². The SMILES string of the molecule is Cc1ccc(NC(N)=NCc2cccc(NC(=O)C3CCCO3)c2)cc1C.I. The molecule has 0 radical (unpaired) electrons. The molecule has 7 heteroatoms. The van der Waals surface area contributed by atoms with E-state index >= 15 is 0 Å². The van der Waals surface area contributed by atoms with Gasteiger partial charge in [0.25, 0.3) is 5.91 Å². The number of carbonyl (C=O) groups excluding carboxylic acids is 1. The Kier molecular flexibility index (Phi) is 8.25. The van der Waals surface area contributed by atoms with Crippen LogP contribution in [0.3, 0.4) is 0 Å². The number of nitrogens with two attached hydrogens (primary N) is 1. The number of amides is 1. The van der Waals surface area contributed by atoms with Crippen LogP contribution in [0.4, 0.5) is 11.4 Å². The number of ether oxygens (including phenoxy) is 1. The van der Waals surface area contributed by atoms with Gasteiger partial charge in [-0.3, -0.25) is 4.79 Å². The van der Waals surface area contributed by atoms with E-state index < -0.39 is 0 Å². The van der Waals surface area contributed by atoms with E-state index in [4.69, 9.17) is 10.5 Å². The molecule has 28 heavy (non-hydrogen) atoms. The largest absolute Gasteiger partial charge is 0.370 e. The first-order valence-electron chi connectivity index (χ1n) is 9.17. The van der Waals surface area contributed by atoms with Crippen LogP contribution in [0.15, 0.2) is 47.5 Å². The number of hydrogen-bond acceptors (Lipinski definition) is 3. The van der Waals surface area contributed by atoms with Gasteiger partial charge in [0.1, 0.15) is 6.10 Å². The monoisotopic (exact) mass is 494 g/mol. The fraction of sp³-hybridized carbons (Fsp3) is 0.333. The van der Waals surface area contributed by atoms with Crippen molar-refractivity contribution in [3.63, 3.8) is 0 Å². The Labute approximate surface area is 183 Å². The maximum absolute atomic E-state index is 12.2. The zero-order valence-corrected chi connectivity index (χ0v) is 18.5. The third-order valence-electron chi connectivity index (χ3n) is 4.63. The quantitative estimate of drug-likeness (QED) is 0.334. The maximum atomic E-state index is 12.2. The lowest BCUT2D eigenvalue weighted by molar-refractivity contribution is -0.124. The van der Waals surface area contributed by atoms with E-state index in [-0.39, 0.29) is 36.0 Å². The summed E-state index contributed by atoms with van der Waals surface area (Å²) in [7, 11) is 0. The summed E-state index contributed by atoms with van der Waals surface area (Å²) in [4.78, 5) is 16.5. The highest BCUT2D eigenvalue weighted by molar-refractivity contribution is 14.0. The van der Waals surface area contributed by atoms with Crippen LogP contribution in [0.5, 0.6) is 0 Å². The second-order valence-corrected chi connectivity index (χ2v) is 6.82. The van der Waals surface area contributed by atoms with E-state index in [0.717, 1.165) is 29.8 Å². The molecule has 2 aromatic rings. The van der Waals surface area contributed by atoms with E-state index in [1.807, 2.05) is 42.5 Å². The Balaban J connectivity index is 0.00000280. The summed E-state index contributed by atoms with van der Waals surface area (Å²) in [5, 5.41) is 6.01. The Morgan fingerprint density at radius 3 is 2.64 bits per heavy atom. The number of anilines is 2. The second kappa shape index (κ2) is 10.4. The van der Waals surface area contributed by atoms with Crippen molar-refractivity contribution < 1.29 is 9.53 Å². The highest BCUT2D eigenvalue weighted by Crippen LogP contribution is 2.17. The predicted molar refractivity (Wildman–Crippen MR) is 124 cm³/mol. The molecule has 0 bridgehead atoms. The van der Waals surface area contributed by atoms with E-state index in [1.165, 1.54) is 11.1 Å². The number of carbonyl (C=O) groups is 1.